The molecule has 1 aromatic rings. The van der Waals surface area contributed by atoms with Crippen molar-refractivity contribution in [1.29, 1.82) is 0 Å². The van der Waals surface area contributed by atoms with Gasteiger partial charge >= 0.3 is 0 Å². The molecule has 114 valence electrons. The standard InChI is InChI=1S/C12H22N4O3S/c1-12(2,3)10-8-14-11(19-10)9-15-4-6-16(7-5-15)20(13,17)18/h8H,4-7,9H2,1-3H3,(H2,13,17,18). The summed E-state index contributed by atoms with van der Waals surface area (Å²) in [5.41, 5.74) is -0.0580. The molecular formula is C12H22N4O3S. The van der Waals surface area contributed by atoms with Crippen molar-refractivity contribution in [3.63, 3.8) is 0 Å². The van der Waals surface area contributed by atoms with Gasteiger partial charge in [0.1, 0.15) is 5.76 Å². The second kappa shape index (κ2) is 5.44. The number of aromatic nitrogens is 1. The van der Waals surface area contributed by atoms with Crippen molar-refractivity contribution in [2.75, 3.05) is 26.2 Å². The van der Waals surface area contributed by atoms with Crippen LogP contribution in [-0.4, -0.2) is 48.8 Å². The Hall–Kier alpha value is -0.960. The Bertz CT molecular complexity index is 554. The second-order valence-corrected chi connectivity index (χ2v) is 7.63. The first kappa shape index (κ1) is 15.4. The molecule has 0 atom stereocenters. The lowest BCUT2D eigenvalue weighted by Gasteiger charge is -2.31. The van der Waals surface area contributed by atoms with E-state index in [1.807, 2.05) is 0 Å². The summed E-state index contributed by atoms with van der Waals surface area (Å²) in [5.74, 6) is 1.52. The van der Waals surface area contributed by atoms with Crippen LogP contribution in [0.3, 0.4) is 0 Å². The fourth-order valence-corrected chi connectivity index (χ4v) is 2.74. The van der Waals surface area contributed by atoms with Gasteiger partial charge in [-0.1, -0.05) is 20.8 Å². The van der Waals surface area contributed by atoms with Crippen LogP contribution in [0.25, 0.3) is 0 Å². The van der Waals surface area contributed by atoms with Gasteiger partial charge in [0, 0.05) is 31.6 Å². The summed E-state index contributed by atoms with van der Waals surface area (Å²) in [5, 5.41) is 5.11. The van der Waals surface area contributed by atoms with Gasteiger partial charge in [0.25, 0.3) is 10.2 Å². The largest absolute Gasteiger partial charge is 0.444 e. The molecule has 7 nitrogen and oxygen atoms in total. The smallest absolute Gasteiger partial charge is 0.276 e. The van der Waals surface area contributed by atoms with Gasteiger partial charge in [0.2, 0.25) is 5.89 Å². The molecule has 2 N–H and O–H groups in total. The minimum Gasteiger partial charge on any atom is -0.444 e. The fraction of sp³-hybridized carbons (Fsp3) is 0.750. The van der Waals surface area contributed by atoms with Crippen LogP contribution in [0.5, 0.6) is 0 Å². The van der Waals surface area contributed by atoms with Crippen molar-refractivity contribution < 1.29 is 12.8 Å². The molecule has 8 heteroatoms. The van der Waals surface area contributed by atoms with Crippen LogP contribution < -0.4 is 5.14 Å². The minimum absolute atomic E-state index is 0.0580. The Labute approximate surface area is 119 Å². The van der Waals surface area contributed by atoms with Gasteiger partial charge in [-0.3, -0.25) is 4.90 Å². The molecule has 1 saturated heterocycles. The van der Waals surface area contributed by atoms with Crippen LogP contribution in [0.2, 0.25) is 0 Å². The van der Waals surface area contributed by atoms with Gasteiger partial charge in [0.05, 0.1) is 12.7 Å². The molecule has 2 heterocycles. The number of oxazole rings is 1. The highest BCUT2D eigenvalue weighted by atomic mass is 32.2. The maximum Gasteiger partial charge on any atom is 0.276 e. The molecule has 0 aliphatic carbocycles. The highest BCUT2D eigenvalue weighted by Gasteiger charge is 2.25. The van der Waals surface area contributed by atoms with Crippen LogP contribution in [-0.2, 0) is 22.2 Å². The summed E-state index contributed by atoms with van der Waals surface area (Å²) < 4.78 is 29.5. The topological polar surface area (TPSA) is 92.7 Å². The maximum atomic E-state index is 11.2. The van der Waals surface area contributed by atoms with Gasteiger partial charge < -0.3 is 4.42 Å². The summed E-state index contributed by atoms with van der Waals surface area (Å²) in [7, 11) is -3.57. The molecule has 2 rings (SSSR count). The molecule has 20 heavy (non-hydrogen) atoms. The molecule has 0 amide bonds. The van der Waals surface area contributed by atoms with Crippen LogP contribution in [0, 0.1) is 0 Å². The number of nitrogens with two attached hydrogens (primary N) is 1. The number of nitrogens with zero attached hydrogens (tertiary/aromatic N) is 3. The Balaban J connectivity index is 1.92. The summed E-state index contributed by atoms with van der Waals surface area (Å²) in [4.78, 5) is 6.39. The van der Waals surface area contributed by atoms with Crippen molar-refractivity contribution in [2.24, 2.45) is 5.14 Å². The van der Waals surface area contributed by atoms with E-state index in [-0.39, 0.29) is 5.41 Å². The van der Waals surface area contributed by atoms with E-state index < -0.39 is 10.2 Å². The van der Waals surface area contributed by atoms with Crippen LogP contribution >= 0.6 is 0 Å². The quantitative estimate of drug-likeness (QED) is 0.866. The third-order valence-electron chi connectivity index (χ3n) is 3.34. The first-order chi connectivity index (χ1) is 9.16. The molecule has 0 saturated carbocycles. The fourth-order valence-electron chi connectivity index (χ4n) is 2.06. The molecule has 0 spiro atoms. The summed E-state index contributed by atoms with van der Waals surface area (Å²) >= 11 is 0. The summed E-state index contributed by atoms with van der Waals surface area (Å²) in [6.45, 7) is 8.88. The molecule has 0 aromatic carbocycles. The van der Waals surface area contributed by atoms with Crippen LogP contribution in [0.15, 0.2) is 10.6 Å². The Morgan fingerprint density at radius 3 is 2.35 bits per heavy atom. The molecule has 1 aliphatic heterocycles. The predicted molar refractivity (Wildman–Crippen MR) is 75.2 cm³/mol. The summed E-state index contributed by atoms with van der Waals surface area (Å²) in [6.07, 6.45) is 1.76. The molecule has 1 aliphatic rings. The third-order valence-corrected chi connectivity index (χ3v) is 4.43. The zero-order chi connectivity index (χ0) is 15.0. The van der Waals surface area contributed by atoms with Gasteiger partial charge in [-0.15, -0.1) is 0 Å². The second-order valence-electron chi connectivity index (χ2n) is 6.09. The molecule has 1 fully saturated rings. The lowest BCUT2D eigenvalue weighted by atomic mass is 9.94. The Morgan fingerprint density at radius 1 is 1.30 bits per heavy atom. The van der Waals surface area contributed by atoms with E-state index in [1.54, 1.807) is 6.20 Å². The number of piperazine rings is 1. The normalized spacial score (nSPS) is 19.4. The van der Waals surface area contributed by atoms with Crippen molar-refractivity contribution in [1.82, 2.24) is 14.2 Å². The average Bonchev–Trinajstić information content (AvgIpc) is 2.77. The van der Waals surface area contributed by atoms with Crippen molar-refractivity contribution >= 4 is 10.2 Å². The third kappa shape index (κ3) is 3.78. The lowest BCUT2D eigenvalue weighted by Crippen LogP contribution is -2.50. The monoisotopic (exact) mass is 302 g/mol. The predicted octanol–water partition coefficient (Wildman–Crippen LogP) is 0.293. The SMILES string of the molecule is CC(C)(C)c1cnc(CN2CCN(S(N)(=O)=O)CC2)o1. The zero-order valence-electron chi connectivity index (χ0n) is 12.2. The Kier molecular flexibility index (Phi) is 4.19. The first-order valence-electron chi connectivity index (χ1n) is 6.62. The van der Waals surface area contributed by atoms with E-state index in [0.717, 1.165) is 5.76 Å². The highest BCUT2D eigenvalue weighted by Crippen LogP contribution is 2.23. The zero-order valence-corrected chi connectivity index (χ0v) is 13.0. The van der Waals surface area contributed by atoms with E-state index in [2.05, 4.69) is 30.7 Å². The van der Waals surface area contributed by atoms with E-state index in [1.165, 1.54) is 4.31 Å². The van der Waals surface area contributed by atoms with Gasteiger partial charge in [0.15, 0.2) is 0 Å². The van der Waals surface area contributed by atoms with Gasteiger partial charge in [-0.2, -0.15) is 12.7 Å². The van der Waals surface area contributed by atoms with Crippen LogP contribution in [0.4, 0.5) is 0 Å². The van der Waals surface area contributed by atoms with Crippen LogP contribution in [0.1, 0.15) is 32.4 Å². The van der Waals surface area contributed by atoms with Gasteiger partial charge in [-0.05, 0) is 0 Å². The summed E-state index contributed by atoms with van der Waals surface area (Å²) in [6, 6.07) is 0. The lowest BCUT2D eigenvalue weighted by molar-refractivity contribution is 0.166. The first-order valence-corrected chi connectivity index (χ1v) is 8.12. The van der Waals surface area contributed by atoms with E-state index in [0.29, 0.717) is 38.6 Å². The highest BCUT2D eigenvalue weighted by molar-refractivity contribution is 7.86. The molecule has 0 radical (unpaired) electrons. The number of rotatable bonds is 3. The molecule has 1 aromatic heterocycles. The average molecular weight is 302 g/mol. The maximum absolute atomic E-state index is 11.2. The molecular weight excluding hydrogens is 280 g/mol. The van der Waals surface area contributed by atoms with E-state index in [4.69, 9.17) is 9.56 Å². The number of hydrogen-bond acceptors (Lipinski definition) is 5. The Morgan fingerprint density at radius 2 is 1.90 bits per heavy atom. The van der Waals surface area contributed by atoms with Crippen molar-refractivity contribution in [3.8, 4) is 0 Å². The van der Waals surface area contributed by atoms with E-state index in [9.17, 15) is 8.42 Å². The number of hydrogen-bond donors (Lipinski definition) is 1. The van der Waals surface area contributed by atoms with Crippen molar-refractivity contribution in [2.45, 2.75) is 32.7 Å². The van der Waals surface area contributed by atoms with Gasteiger partial charge in [-0.25, -0.2) is 10.1 Å². The molecule has 0 bridgehead atoms. The molecule has 0 unspecified atom stereocenters. The van der Waals surface area contributed by atoms with E-state index >= 15 is 0 Å². The minimum atomic E-state index is -3.57. The van der Waals surface area contributed by atoms with Crippen molar-refractivity contribution in [3.05, 3.63) is 17.8 Å².